The molecule has 0 bridgehead atoms. The monoisotopic (exact) mass is 108 g/mol. The van der Waals surface area contributed by atoms with Gasteiger partial charge in [0.15, 0.2) is 8.38 Å². The van der Waals surface area contributed by atoms with Crippen molar-refractivity contribution in [3.8, 4) is 0 Å². The fourth-order valence-electron chi connectivity index (χ4n) is 0.0667. The van der Waals surface area contributed by atoms with Crippen molar-refractivity contribution in [2.45, 2.75) is 0 Å². The van der Waals surface area contributed by atoms with Crippen molar-refractivity contribution >= 4 is 14.7 Å². The number of hydrogen-bond donors (Lipinski definition) is 2. The van der Waals surface area contributed by atoms with Gasteiger partial charge < -0.3 is 14.6 Å². The molecular weight excluding hydrogens is 103 g/mol. The minimum absolute atomic E-state index is 0.130. The fraction of sp³-hybridized carbons (Fsp3) is 0.500. The van der Waals surface area contributed by atoms with E-state index in [4.69, 9.17) is 9.79 Å². The summed E-state index contributed by atoms with van der Waals surface area (Å²) in [6.07, 6.45) is 0.348. The van der Waals surface area contributed by atoms with Gasteiger partial charge in [0.2, 0.25) is 0 Å². The lowest BCUT2D eigenvalue weighted by atomic mass is 10.9. The van der Waals surface area contributed by atoms with Crippen LogP contribution in [0, 0.1) is 0 Å². The normalized spacial score (nSPS) is 9.17. The van der Waals surface area contributed by atoms with Crippen LogP contribution >= 0.6 is 8.38 Å². The Hall–Kier alpha value is 0.0200. The number of hydrogen-bond acceptors (Lipinski definition) is 3. The SMILES string of the molecule is O=CCP(O)O. The molecule has 0 heterocycles. The van der Waals surface area contributed by atoms with Crippen molar-refractivity contribution in [2.24, 2.45) is 0 Å². The highest BCUT2D eigenvalue weighted by Gasteiger charge is 1.91. The van der Waals surface area contributed by atoms with Gasteiger partial charge in [-0.05, 0) is 0 Å². The zero-order valence-electron chi connectivity index (χ0n) is 3.03. The average Bonchev–Trinajstić information content (AvgIpc) is 1.35. The smallest absolute Gasteiger partial charge is 0.172 e. The number of carbonyl (C=O) groups excluding carboxylic acids is 1. The molecule has 0 atom stereocenters. The van der Waals surface area contributed by atoms with Crippen molar-refractivity contribution in [3.05, 3.63) is 0 Å². The van der Waals surface area contributed by atoms with Gasteiger partial charge >= 0.3 is 0 Å². The second-order valence-corrected chi connectivity index (χ2v) is 1.83. The molecule has 0 aromatic carbocycles. The first-order valence-corrected chi connectivity index (χ1v) is 2.79. The number of aldehydes is 1. The lowest BCUT2D eigenvalue weighted by molar-refractivity contribution is -0.105. The second kappa shape index (κ2) is 3.22. The molecule has 6 heavy (non-hydrogen) atoms. The van der Waals surface area contributed by atoms with Crippen LogP contribution in [0.2, 0.25) is 0 Å². The van der Waals surface area contributed by atoms with Crippen LogP contribution in [0.4, 0.5) is 0 Å². The average molecular weight is 108 g/mol. The van der Waals surface area contributed by atoms with Crippen LogP contribution in [0.5, 0.6) is 0 Å². The van der Waals surface area contributed by atoms with E-state index in [1.807, 2.05) is 0 Å². The minimum Gasteiger partial charge on any atom is -0.350 e. The summed E-state index contributed by atoms with van der Waals surface area (Å²) in [5.74, 6) is 0. The van der Waals surface area contributed by atoms with Crippen LogP contribution in [-0.2, 0) is 4.79 Å². The second-order valence-electron chi connectivity index (χ2n) is 0.722. The zero-order valence-corrected chi connectivity index (χ0v) is 3.93. The Labute approximate surface area is 36.5 Å². The van der Waals surface area contributed by atoms with E-state index in [1.165, 1.54) is 0 Å². The first-order chi connectivity index (χ1) is 2.77. The lowest BCUT2D eigenvalue weighted by Gasteiger charge is -1.87. The molecule has 36 valence electrons. The predicted molar refractivity (Wildman–Crippen MR) is 22.3 cm³/mol. The van der Waals surface area contributed by atoms with Crippen molar-refractivity contribution in [1.82, 2.24) is 0 Å². The van der Waals surface area contributed by atoms with E-state index in [1.54, 1.807) is 0 Å². The fourth-order valence-corrected chi connectivity index (χ4v) is 0.200. The third kappa shape index (κ3) is 4.02. The molecule has 2 N–H and O–H groups in total. The Kier molecular flexibility index (Phi) is 3.23. The first kappa shape index (κ1) is 6.02. The molecule has 0 aliphatic heterocycles. The Bertz CT molecular complexity index is 44.1. The highest BCUT2D eigenvalue weighted by atomic mass is 31.2. The Balaban J connectivity index is 2.81. The minimum atomic E-state index is -1.97. The third-order valence-electron chi connectivity index (χ3n) is 0.238. The summed E-state index contributed by atoms with van der Waals surface area (Å²) in [7, 11) is -1.97. The van der Waals surface area contributed by atoms with Crippen molar-refractivity contribution in [2.75, 3.05) is 6.16 Å². The quantitative estimate of drug-likeness (QED) is 0.369. The molecule has 3 nitrogen and oxygen atoms in total. The van der Waals surface area contributed by atoms with Crippen LogP contribution in [0.3, 0.4) is 0 Å². The summed E-state index contributed by atoms with van der Waals surface area (Å²) in [4.78, 5) is 25.2. The Morgan fingerprint density at radius 1 is 1.67 bits per heavy atom. The molecule has 0 radical (unpaired) electrons. The molecule has 0 fully saturated rings. The summed E-state index contributed by atoms with van der Waals surface area (Å²) in [5, 5.41) is 0. The number of rotatable bonds is 2. The van der Waals surface area contributed by atoms with E-state index in [-0.39, 0.29) is 6.16 Å². The maximum absolute atomic E-state index is 9.31. The van der Waals surface area contributed by atoms with Gasteiger partial charge in [0.05, 0.1) is 6.16 Å². The van der Waals surface area contributed by atoms with Crippen LogP contribution in [0.25, 0.3) is 0 Å². The molecule has 0 amide bonds. The molecule has 0 aromatic rings. The molecular formula is C2H5O3P. The summed E-state index contributed by atoms with van der Waals surface area (Å²) >= 11 is 0. The Morgan fingerprint density at radius 3 is 2.17 bits per heavy atom. The zero-order chi connectivity index (χ0) is 4.99. The largest absolute Gasteiger partial charge is 0.350 e. The topological polar surface area (TPSA) is 57.5 Å². The van der Waals surface area contributed by atoms with Gasteiger partial charge in [0.25, 0.3) is 0 Å². The van der Waals surface area contributed by atoms with Crippen LogP contribution in [0.15, 0.2) is 0 Å². The van der Waals surface area contributed by atoms with E-state index in [2.05, 4.69) is 0 Å². The highest BCUT2D eigenvalue weighted by Crippen LogP contribution is 2.19. The molecule has 4 heteroatoms. The van der Waals surface area contributed by atoms with Crippen LogP contribution < -0.4 is 0 Å². The number of carbonyl (C=O) groups is 1. The first-order valence-electron chi connectivity index (χ1n) is 1.36. The summed E-state index contributed by atoms with van der Waals surface area (Å²) in [5.41, 5.74) is 0. The van der Waals surface area contributed by atoms with Crippen LogP contribution in [0.1, 0.15) is 0 Å². The van der Waals surface area contributed by atoms with Crippen molar-refractivity contribution in [1.29, 1.82) is 0 Å². The molecule has 0 spiro atoms. The van der Waals surface area contributed by atoms with E-state index < -0.39 is 8.38 Å². The highest BCUT2D eigenvalue weighted by molar-refractivity contribution is 7.46. The summed E-state index contributed by atoms with van der Waals surface area (Å²) in [6, 6.07) is 0. The molecule has 0 aromatic heterocycles. The molecule has 0 aliphatic rings. The summed E-state index contributed by atoms with van der Waals surface area (Å²) in [6.45, 7) is 0. The maximum Gasteiger partial charge on any atom is 0.172 e. The van der Waals surface area contributed by atoms with Gasteiger partial charge in [-0.2, -0.15) is 0 Å². The molecule has 0 saturated carbocycles. The van der Waals surface area contributed by atoms with Gasteiger partial charge in [0.1, 0.15) is 6.29 Å². The van der Waals surface area contributed by atoms with Crippen molar-refractivity contribution < 1.29 is 14.6 Å². The Morgan fingerprint density at radius 2 is 2.17 bits per heavy atom. The van der Waals surface area contributed by atoms with Gasteiger partial charge in [-0.1, -0.05) is 0 Å². The maximum atomic E-state index is 9.31. The predicted octanol–water partition coefficient (Wildman–Crippen LogP) is -0.518. The third-order valence-corrected chi connectivity index (χ3v) is 0.714. The van der Waals surface area contributed by atoms with E-state index in [0.29, 0.717) is 6.29 Å². The molecule has 0 saturated heterocycles. The van der Waals surface area contributed by atoms with Crippen LogP contribution in [-0.4, -0.2) is 22.2 Å². The van der Waals surface area contributed by atoms with E-state index >= 15 is 0 Å². The van der Waals surface area contributed by atoms with Gasteiger partial charge in [0, 0.05) is 0 Å². The van der Waals surface area contributed by atoms with Gasteiger partial charge in [-0.15, -0.1) is 0 Å². The van der Waals surface area contributed by atoms with Gasteiger partial charge in [-0.3, -0.25) is 0 Å². The van der Waals surface area contributed by atoms with E-state index in [0.717, 1.165) is 0 Å². The van der Waals surface area contributed by atoms with E-state index in [9.17, 15) is 4.79 Å². The molecule has 0 unspecified atom stereocenters. The molecule has 0 rings (SSSR count). The summed E-state index contributed by atoms with van der Waals surface area (Å²) < 4.78 is 0. The van der Waals surface area contributed by atoms with Crippen molar-refractivity contribution in [3.63, 3.8) is 0 Å². The lowest BCUT2D eigenvalue weighted by Crippen LogP contribution is -1.79. The van der Waals surface area contributed by atoms with Gasteiger partial charge in [-0.25, -0.2) is 0 Å². The molecule has 0 aliphatic carbocycles. The standard InChI is InChI=1S/C2H5O3P/c3-1-2-6(4)5/h1,4-5H,2H2.